The number of aryl methyl sites for hydroxylation is 1. The third-order valence-electron chi connectivity index (χ3n) is 6.99. The Morgan fingerprint density at radius 1 is 1.16 bits per heavy atom. The van der Waals surface area contributed by atoms with Crippen LogP contribution < -0.4 is 5.32 Å². The summed E-state index contributed by atoms with van der Waals surface area (Å²) >= 11 is 0. The fraction of sp³-hybridized carbons (Fsp3) is 0.560. The van der Waals surface area contributed by atoms with Gasteiger partial charge in [-0.25, -0.2) is 0 Å². The van der Waals surface area contributed by atoms with Gasteiger partial charge >= 0.3 is 0 Å². The first-order valence-electron chi connectivity index (χ1n) is 11.7. The monoisotopic (exact) mass is 419 g/mol. The molecule has 1 aliphatic heterocycles. The molecule has 1 N–H and O–H groups in total. The molecule has 164 valence electrons. The van der Waals surface area contributed by atoms with Gasteiger partial charge in [0.2, 0.25) is 5.82 Å². The molecule has 3 heterocycles. The molecule has 1 aromatic carbocycles. The maximum absolute atomic E-state index is 5.69. The highest BCUT2D eigenvalue weighted by Gasteiger charge is 2.32. The first kappa shape index (κ1) is 20.4. The third kappa shape index (κ3) is 4.18. The van der Waals surface area contributed by atoms with Crippen LogP contribution in [-0.4, -0.2) is 33.0 Å². The minimum absolute atomic E-state index is 0.313. The highest BCUT2D eigenvalue weighted by molar-refractivity contribution is 5.61. The van der Waals surface area contributed by atoms with E-state index in [1.165, 1.54) is 29.7 Å². The minimum Gasteiger partial charge on any atom is -0.332 e. The fourth-order valence-corrected chi connectivity index (χ4v) is 5.08. The van der Waals surface area contributed by atoms with Crippen molar-refractivity contribution in [3.63, 3.8) is 0 Å². The Morgan fingerprint density at radius 3 is 2.68 bits per heavy atom. The Balaban J connectivity index is 1.36. The van der Waals surface area contributed by atoms with Gasteiger partial charge in [-0.1, -0.05) is 43.3 Å². The number of benzene rings is 1. The van der Waals surface area contributed by atoms with Gasteiger partial charge in [-0.15, -0.1) is 0 Å². The summed E-state index contributed by atoms with van der Waals surface area (Å²) in [5, 5.41) is 12.6. The first-order valence-corrected chi connectivity index (χ1v) is 11.7. The molecule has 0 radical (unpaired) electrons. The summed E-state index contributed by atoms with van der Waals surface area (Å²) in [6.07, 6.45) is 6.89. The molecular formula is C25H33N5O. The van der Waals surface area contributed by atoms with Crippen LogP contribution in [0.2, 0.25) is 0 Å². The summed E-state index contributed by atoms with van der Waals surface area (Å²) in [7, 11) is 0. The fourth-order valence-electron chi connectivity index (χ4n) is 5.08. The summed E-state index contributed by atoms with van der Waals surface area (Å²) in [6, 6.07) is 8.66. The number of hydrogen-bond donors (Lipinski definition) is 1. The van der Waals surface area contributed by atoms with Crippen molar-refractivity contribution in [3.8, 4) is 23.0 Å². The van der Waals surface area contributed by atoms with Crippen molar-refractivity contribution in [2.75, 3.05) is 13.1 Å². The minimum atomic E-state index is 0.313. The Labute approximate surface area is 184 Å². The Hall–Kier alpha value is -2.47. The summed E-state index contributed by atoms with van der Waals surface area (Å²) in [4.78, 5) is 4.73. The average Bonchev–Trinajstić information content (AvgIpc) is 3.39. The van der Waals surface area contributed by atoms with Gasteiger partial charge in [0.15, 0.2) is 5.69 Å². The van der Waals surface area contributed by atoms with E-state index in [9.17, 15) is 0 Å². The summed E-state index contributed by atoms with van der Waals surface area (Å²) in [6.45, 7) is 9.96. The van der Waals surface area contributed by atoms with Crippen molar-refractivity contribution >= 4 is 0 Å². The molecular weight excluding hydrogens is 386 g/mol. The lowest BCUT2D eigenvalue weighted by Gasteiger charge is -2.30. The van der Waals surface area contributed by atoms with Crippen LogP contribution in [0.5, 0.6) is 0 Å². The van der Waals surface area contributed by atoms with Crippen LogP contribution in [0.15, 0.2) is 28.8 Å². The van der Waals surface area contributed by atoms with E-state index in [1.54, 1.807) is 0 Å². The van der Waals surface area contributed by atoms with Gasteiger partial charge < -0.3 is 9.84 Å². The van der Waals surface area contributed by atoms with Crippen molar-refractivity contribution in [1.82, 2.24) is 25.2 Å². The third-order valence-corrected chi connectivity index (χ3v) is 6.99. The molecule has 0 atom stereocenters. The summed E-state index contributed by atoms with van der Waals surface area (Å²) < 4.78 is 7.80. The normalized spacial score (nSPS) is 18.8. The number of piperidine rings is 1. The number of rotatable bonds is 5. The molecule has 0 amide bonds. The molecule has 5 rings (SSSR count). The van der Waals surface area contributed by atoms with E-state index in [-0.39, 0.29) is 0 Å². The van der Waals surface area contributed by atoms with Crippen molar-refractivity contribution in [2.45, 2.75) is 65.8 Å². The second-order valence-corrected chi connectivity index (χ2v) is 9.95. The molecule has 1 saturated heterocycles. The van der Waals surface area contributed by atoms with Crippen LogP contribution in [0.1, 0.15) is 56.9 Å². The average molecular weight is 420 g/mol. The largest absolute Gasteiger partial charge is 0.332 e. The van der Waals surface area contributed by atoms with Gasteiger partial charge in [0.05, 0.1) is 0 Å². The smallest absolute Gasteiger partial charge is 0.279 e. The molecule has 2 aliphatic rings. The number of aromatic nitrogens is 4. The van der Waals surface area contributed by atoms with Gasteiger partial charge in [0.1, 0.15) is 0 Å². The van der Waals surface area contributed by atoms with Crippen molar-refractivity contribution in [1.29, 1.82) is 0 Å². The first-order chi connectivity index (χ1) is 15.0. The van der Waals surface area contributed by atoms with Gasteiger partial charge in [-0.2, -0.15) is 10.1 Å². The highest BCUT2D eigenvalue weighted by Crippen LogP contribution is 2.39. The molecule has 6 nitrogen and oxygen atoms in total. The number of fused-ring (bicyclic) bond motifs is 1. The molecule has 6 heteroatoms. The van der Waals surface area contributed by atoms with Crippen LogP contribution in [0, 0.1) is 11.3 Å². The maximum atomic E-state index is 5.69. The lowest BCUT2D eigenvalue weighted by Crippen LogP contribution is -2.28. The molecule has 3 aromatic rings. The lowest BCUT2D eigenvalue weighted by atomic mass is 9.76. The van der Waals surface area contributed by atoms with Gasteiger partial charge in [-0.05, 0) is 75.4 Å². The molecule has 0 spiro atoms. The van der Waals surface area contributed by atoms with E-state index >= 15 is 0 Å². The highest BCUT2D eigenvalue weighted by atomic mass is 16.5. The number of hydrogen-bond acceptors (Lipinski definition) is 5. The Kier molecular flexibility index (Phi) is 5.42. The molecule has 0 saturated carbocycles. The topological polar surface area (TPSA) is 68.8 Å². The zero-order valence-corrected chi connectivity index (χ0v) is 18.9. The van der Waals surface area contributed by atoms with Crippen LogP contribution in [0.4, 0.5) is 0 Å². The molecule has 31 heavy (non-hydrogen) atoms. The van der Waals surface area contributed by atoms with Crippen LogP contribution in [0.3, 0.4) is 0 Å². The second-order valence-electron chi connectivity index (χ2n) is 9.95. The van der Waals surface area contributed by atoms with E-state index in [1.807, 2.05) is 0 Å². The van der Waals surface area contributed by atoms with Gasteiger partial charge in [0, 0.05) is 23.4 Å². The summed E-state index contributed by atoms with van der Waals surface area (Å²) in [5.74, 6) is 1.96. The van der Waals surface area contributed by atoms with Crippen molar-refractivity contribution < 1.29 is 4.52 Å². The van der Waals surface area contributed by atoms with Crippen LogP contribution in [0.25, 0.3) is 23.0 Å². The number of nitrogens with one attached hydrogen (secondary N) is 1. The van der Waals surface area contributed by atoms with Gasteiger partial charge in [0.25, 0.3) is 5.89 Å². The predicted octanol–water partition coefficient (Wildman–Crippen LogP) is 4.68. The van der Waals surface area contributed by atoms with Crippen molar-refractivity contribution in [2.24, 2.45) is 11.3 Å². The lowest BCUT2D eigenvalue weighted by molar-refractivity contribution is 0.304. The van der Waals surface area contributed by atoms with E-state index in [0.717, 1.165) is 62.5 Å². The maximum Gasteiger partial charge on any atom is 0.279 e. The van der Waals surface area contributed by atoms with Crippen molar-refractivity contribution in [3.05, 3.63) is 41.1 Å². The van der Waals surface area contributed by atoms with Gasteiger partial charge in [-0.3, -0.25) is 4.68 Å². The van der Waals surface area contributed by atoms with E-state index < -0.39 is 0 Å². The quantitative estimate of drug-likeness (QED) is 0.650. The standard InChI is InChI=1S/C25H33N5O/c1-4-30-21-16-25(2,3)12-9-20(21)22(28-30)24-27-23(29-31-24)19-7-5-17(6-8-19)15-18-10-13-26-14-11-18/h5-8,18,26H,4,9-16H2,1-3H3. The van der Waals surface area contributed by atoms with Crippen LogP contribution >= 0.6 is 0 Å². The molecule has 0 bridgehead atoms. The van der Waals surface area contributed by atoms with E-state index in [4.69, 9.17) is 14.6 Å². The van der Waals surface area contributed by atoms with Crippen LogP contribution in [-0.2, 0) is 25.8 Å². The Bertz CT molecular complexity index is 1040. The zero-order valence-electron chi connectivity index (χ0n) is 18.9. The van der Waals surface area contributed by atoms with E-state index in [2.05, 4.69) is 60.2 Å². The summed E-state index contributed by atoms with van der Waals surface area (Å²) in [5.41, 5.74) is 6.18. The molecule has 1 fully saturated rings. The second kappa shape index (κ2) is 8.23. The SMILES string of the molecule is CCn1nc(-c2nc(-c3ccc(CC4CCNCC4)cc3)no2)c2c1CC(C)(C)CC2. The Morgan fingerprint density at radius 2 is 1.94 bits per heavy atom. The molecule has 0 unspecified atom stereocenters. The zero-order chi connectivity index (χ0) is 21.4. The van der Waals surface area contributed by atoms with E-state index in [0.29, 0.717) is 17.1 Å². The predicted molar refractivity (Wildman–Crippen MR) is 122 cm³/mol. The number of nitrogens with zero attached hydrogens (tertiary/aromatic N) is 4. The molecule has 1 aliphatic carbocycles. The molecule has 2 aromatic heterocycles.